The van der Waals surface area contributed by atoms with E-state index in [2.05, 4.69) is 27.9 Å². The molecule has 0 bridgehead atoms. The summed E-state index contributed by atoms with van der Waals surface area (Å²) in [5.41, 5.74) is 7.18. The first-order valence-corrected chi connectivity index (χ1v) is 11.4. The lowest BCUT2D eigenvalue weighted by Crippen LogP contribution is -2.53. The van der Waals surface area contributed by atoms with E-state index in [-0.39, 0.29) is 23.7 Å². The van der Waals surface area contributed by atoms with Gasteiger partial charge in [0.2, 0.25) is 5.91 Å². The smallest absolute Gasteiger partial charge is 0.312 e. The molecule has 32 heavy (non-hydrogen) atoms. The molecular weight excluding hydrogens is 406 g/mol. The number of fused-ring (bicyclic) bond motifs is 1. The van der Waals surface area contributed by atoms with Crippen LogP contribution < -0.4 is 21.7 Å². The molecule has 176 valence electrons. The monoisotopic (exact) mass is 443 g/mol. The van der Waals surface area contributed by atoms with E-state index in [4.69, 9.17) is 5.73 Å². The van der Waals surface area contributed by atoms with Gasteiger partial charge >= 0.3 is 6.03 Å². The van der Waals surface area contributed by atoms with E-state index < -0.39 is 18.1 Å². The minimum atomic E-state index is -0.610. The normalized spacial score (nSPS) is 14.2. The van der Waals surface area contributed by atoms with E-state index in [0.29, 0.717) is 25.8 Å². The number of nitrogens with two attached hydrogens (primary N) is 1. The molecule has 6 N–H and O–H groups in total. The summed E-state index contributed by atoms with van der Waals surface area (Å²) in [7, 11) is 0. The van der Waals surface area contributed by atoms with E-state index in [0.717, 1.165) is 22.9 Å². The summed E-state index contributed by atoms with van der Waals surface area (Å²) >= 11 is 0. The zero-order chi connectivity index (χ0) is 23.7. The summed E-state index contributed by atoms with van der Waals surface area (Å²) in [5.74, 6) is -0.428. The Bertz CT molecular complexity index is 908. The van der Waals surface area contributed by atoms with Crippen molar-refractivity contribution in [2.45, 2.75) is 71.5 Å². The number of aromatic amines is 1. The van der Waals surface area contributed by atoms with Crippen LogP contribution in [-0.2, 0) is 16.0 Å². The third kappa shape index (κ3) is 7.37. The predicted molar refractivity (Wildman–Crippen MR) is 127 cm³/mol. The van der Waals surface area contributed by atoms with Crippen molar-refractivity contribution in [1.29, 1.82) is 0 Å². The Morgan fingerprint density at radius 3 is 2.47 bits per heavy atom. The lowest BCUT2D eigenvalue weighted by atomic mass is 9.96. The maximum absolute atomic E-state index is 13.3. The first kappa shape index (κ1) is 25.4. The average molecular weight is 444 g/mol. The zero-order valence-electron chi connectivity index (χ0n) is 19.5. The van der Waals surface area contributed by atoms with Gasteiger partial charge in [-0.05, 0) is 44.2 Å². The topological polar surface area (TPSA) is 129 Å². The van der Waals surface area contributed by atoms with Crippen molar-refractivity contribution < 1.29 is 14.4 Å². The molecule has 0 aliphatic heterocycles. The highest BCUT2D eigenvalue weighted by Gasteiger charge is 2.28. The molecule has 1 aromatic carbocycles. The van der Waals surface area contributed by atoms with E-state index in [1.807, 2.05) is 51.2 Å². The van der Waals surface area contributed by atoms with Crippen LogP contribution in [0.1, 0.15) is 52.5 Å². The molecule has 0 aliphatic rings. The fraction of sp³-hybridized carbons (Fsp3) is 0.542. The quantitative estimate of drug-likeness (QED) is 0.305. The number of rotatable bonds is 13. The SMILES string of the molecule is CCC(C)N[C@@H](Cc1c[nH]c2ccccc12)C(=O)N[C@@H](CCCNC(N)=O)C(=O)C(C)C. The third-order valence-electron chi connectivity index (χ3n) is 5.71. The number of primary amides is 1. The maximum Gasteiger partial charge on any atom is 0.312 e. The van der Waals surface area contributed by atoms with Crippen LogP contribution >= 0.6 is 0 Å². The molecule has 8 heteroatoms. The molecule has 8 nitrogen and oxygen atoms in total. The first-order valence-electron chi connectivity index (χ1n) is 11.4. The van der Waals surface area contributed by atoms with Crippen LogP contribution in [0.3, 0.4) is 0 Å². The van der Waals surface area contributed by atoms with E-state index >= 15 is 0 Å². The molecule has 3 atom stereocenters. The first-order chi connectivity index (χ1) is 15.2. The van der Waals surface area contributed by atoms with Gasteiger partial charge in [0.05, 0.1) is 12.1 Å². The van der Waals surface area contributed by atoms with Crippen LogP contribution in [-0.4, -0.2) is 47.4 Å². The average Bonchev–Trinajstić information content (AvgIpc) is 3.17. The Morgan fingerprint density at radius 1 is 1.09 bits per heavy atom. The van der Waals surface area contributed by atoms with Crippen molar-refractivity contribution in [2.24, 2.45) is 11.7 Å². The number of ketones is 1. The van der Waals surface area contributed by atoms with Gasteiger partial charge in [-0.15, -0.1) is 0 Å². The van der Waals surface area contributed by atoms with Gasteiger partial charge in [0.15, 0.2) is 5.78 Å². The molecule has 0 spiro atoms. The summed E-state index contributed by atoms with van der Waals surface area (Å²) in [5, 5.41) is 10.00. The third-order valence-corrected chi connectivity index (χ3v) is 5.71. The number of Topliss-reactive ketones (excluding diaryl/α,β-unsaturated/α-hetero) is 1. The highest BCUT2D eigenvalue weighted by molar-refractivity contribution is 5.92. The molecule has 0 fully saturated rings. The van der Waals surface area contributed by atoms with Crippen LogP contribution in [0.2, 0.25) is 0 Å². The van der Waals surface area contributed by atoms with Gasteiger partial charge in [-0.1, -0.05) is 39.0 Å². The van der Waals surface area contributed by atoms with Gasteiger partial charge in [0, 0.05) is 35.6 Å². The molecule has 1 aromatic heterocycles. The minimum absolute atomic E-state index is 0.0215. The second kappa shape index (κ2) is 12.2. The molecule has 1 heterocycles. The molecule has 0 saturated heterocycles. The minimum Gasteiger partial charge on any atom is -0.361 e. The van der Waals surface area contributed by atoms with Crippen molar-refractivity contribution in [1.82, 2.24) is 20.9 Å². The summed E-state index contributed by atoms with van der Waals surface area (Å²) in [4.78, 5) is 40.2. The Hall–Kier alpha value is -2.87. The van der Waals surface area contributed by atoms with Crippen molar-refractivity contribution in [3.63, 3.8) is 0 Å². The largest absolute Gasteiger partial charge is 0.361 e. The molecule has 2 rings (SSSR count). The van der Waals surface area contributed by atoms with Crippen molar-refractivity contribution in [3.8, 4) is 0 Å². The predicted octanol–water partition coefficient (Wildman–Crippen LogP) is 2.63. The Labute approximate surface area is 190 Å². The van der Waals surface area contributed by atoms with Crippen LogP contribution in [0, 0.1) is 5.92 Å². The highest BCUT2D eigenvalue weighted by Crippen LogP contribution is 2.19. The summed E-state index contributed by atoms with van der Waals surface area (Å²) in [6.07, 6.45) is 4.30. The van der Waals surface area contributed by atoms with Crippen molar-refractivity contribution in [3.05, 3.63) is 36.0 Å². The number of aromatic nitrogens is 1. The standard InChI is InChI=1S/C24H37N5O3/c1-5-16(4)28-21(13-17-14-27-19-10-7-6-9-18(17)19)23(31)29-20(22(30)15(2)3)11-8-12-26-24(25)32/h6-7,9-10,14-16,20-21,27-28H,5,8,11-13H2,1-4H3,(H,29,31)(H3,25,26,32)/t16?,20-,21-/m0/s1. The van der Waals surface area contributed by atoms with Crippen LogP contribution in [0.4, 0.5) is 4.79 Å². The Balaban J connectivity index is 2.15. The summed E-state index contributed by atoms with van der Waals surface area (Å²) in [6, 6.07) is 6.46. The number of amides is 3. The lowest BCUT2D eigenvalue weighted by Gasteiger charge is -2.26. The number of para-hydroxylation sites is 1. The van der Waals surface area contributed by atoms with Gasteiger partial charge in [-0.25, -0.2) is 4.79 Å². The number of urea groups is 1. The van der Waals surface area contributed by atoms with E-state index in [1.54, 1.807) is 0 Å². The fourth-order valence-corrected chi connectivity index (χ4v) is 3.69. The number of H-pyrrole nitrogens is 1. The van der Waals surface area contributed by atoms with E-state index in [1.165, 1.54) is 0 Å². The maximum atomic E-state index is 13.3. The van der Waals surface area contributed by atoms with Gasteiger partial charge in [-0.3, -0.25) is 9.59 Å². The molecule has 2 aromatic rings. The highest BCUT2D eigenvalue weighted by atomic mass is 16.2. The van der Waals surface area contributed by atoms with Crippen molar-refractivity contribution in [2.75, 3.05) is 6.54 Å². The molecule has 1 unspecified atom stereocenters. The molecule has 0 saturated carbocycles. The summed E-state index contributed by atoms with van der Waals surface area (Å²) < 4.78 is 0. The Kier molecular flexibility index (Phi) is 9.71. The van der Waals surface area contributed by atoms with Gasteiger partial charge in [0.25, 0.3) is 0 Å². The Morgan fingerprint density at radius 2 is 1.81 bits per heavy atom. The number of hydrogen-bond donors (Lipinski definition) is 5. The van der Waals surface area contributed by atoms with Gasteiger partial charge < -0.3 is 26.7 Å². The summed E-state index contributed by atoms with van der Waals surface area (Å²) in [6.45, 7) is 8.11. The lowest BCUT2D eigenvalue weighted by molar-refractivity contribution is -0.130. The molecule has 0 radical (unpaired) electrons. The van der Waals surface area contributed by atoms with Crippen LogP contribution in [0.25, 0.3) is 10.9 Å². The number of benzene rings is 1. The van der Waals surface area contributed by atoms with Gasteiger partial charge in [0.1, 0.15) is 0 Å². The zero-order valence-corrected chi connectivity index (χ0v) is 19.5. The second-order valence-corrected chi connectivity index (χ2v) is 8.64. The molecular formula is C24H37N5O3. The number of nitrogens with one attached hydrogen (secondary N) is 4. The number of carbonyl (C=O) groups is 3. The van der Waals surface area contributed by atoms with Crippen LogP contribution in [0.15, 0.2) is 30.5 Å². The number of carbonyl (C=O) groups excluding carboxylic acids is 3. The van der Waals surface area contributed by atoms with Crippen LogP contribution in [0.5, 0.6) is 0 Å². The molecule has 0 aliphatic carbocycles. The van der Waals surface area contributed by atoms with Gasteiger partial charge in [-0.2, -0.15) is 0 Å². The second-order valence-electron chi connectivity index (χ2n) is 8.64. The van der Waals surface area contributed by atoms with E-state index in [9.17, 15) is 14.4 Å². The molecule has 3 amide bonds. The number of hydrogen-bond acceptors (Lipinski definition) is 4. The van der Waals surface area contributed by atoms with Crippen molar-refractivity contribution >= 4 is 28.6 Å². The fourth-order valence-electron chi connectivity index (χ4n) is 3.69.